The molecule has 1 atom stereocenters. The Hall–Kier alpha value is -1.23. The first kappa shape index (κ1) is 13.2. The van der Waals surface area contributed by atoms with Crippen molar-refractivity contribution in [3.8, 4) is 5.75 Å². The molecule has 1 N–H and O–H groups in total. The molecule has 2 rings (SSSR count). The maximum absolute atomic E-state index is 12.7. The molecule has 5 heteroatoms. The molecule has 0 aromatic heterocycles. The van der Waals surface area contributed by atoms with Crippen LogP contribution in [0.2, 0.25) is 0 Å². The molecule has 1 aliphatic rings. The molecule has 0 spiro atoms. The number of rotatable bonds is 5. The molecule has 1 aliphatic heterocycles. The summed E-state index contributed by atoms with van der Waals surface area (Å²) < 4.78 is 43.0. The fourth-order valence-electron chi connectivity index (χ4n) is 1.73. The summed E-state index contributed by atoms with van der Waals surface area (Å²) >= 11 is 0. The van der Waals surface area contributed by atoms with Gasteiger partial charge in [0.1, 0.15) is 12.4 Å². The van der Waals surface area contributed by atoms with E-state index in [1.54, 1.807) is 12.1 Å². The van der Waals surface area contributed by atoms with Crippen LogP contribution in [-0.4, -0.2) is 31.8 Å². The normalized spacial score (nSPS) is 19.4. The molecule has 1 saturated heterocycles. The summed E-state index contributed by atoms with van der Waals surface area (Å²) in [6, 6.07) is 6.91. The van der Waals surface area contributed by atoms with Crippen LogP contribution in [0, 0.1) is 0 Å². The number of nitrogens with one attached hydrogen (secondary N) is 1. The minimum absolute atomic E-state index is 0.270. The van der Waals surface area contributed by atoms with E-state index < -0.39 is 18.7 Å². The quantitative estimate of drug-likeness (QED) is 0.878. The predicted octanol–water partition coefficient (Wildman–Crippen LogP) is 2.75. The van der Waals surface area contributed by atoms with E-state index in [1.165, 1.54) is 0 Å². The van der Waals surface area contributed by atoms with Crippen LogP contribution >= 0.6 is 0 Å². The lowest BCUT2D eigenvalue weighted by atomic mass is 9.94. The van der Waals surface area contributed by atoms with Crippen LogP contribution in [-0.2, 0) is 0 Å². The number of hydrogen-bond acceptors (Lipinski definition) is 2. The Morgan fingerprint density at radius 2 is 1.94 bits per heavy atom. The van der Waals surface area contributed by atoms with E-state index in [0.29, 0.717) is 5.92 Å². The summed E-state index contributed by atoms with van der Waals surface area (Å²) in [6.07, 6.45) is -2.86. The van der Waals surface area contributed by atoms with Crippen LogP contribution in [0.4, 0.5) is 13.2 Å². The van der Waals surface area contributed by atoms with Gasteiger partial charge in [0.05, 0.1) is 0 Å². The third kappa shape index (κ3) is 2.61. The Labute approximate surface area is 104 Å². The first-order valence-corrected chi connectivity index (χ1v) is 5.89. The van der Waals surface area contributed by atoms with E-state index in [1.807, 2.05) is 12.1 Å². The zero-order valence-electron chi connectivity index (χ0n) is 10.1. The number of benzene rings is 1. The molecule has 1 aromatic rings. The van der Waals surface area contributed by atoms with E-state index >= 15 is 0 Å². The maximum Gasteiger partial charge on any atom is 0.279 e. The van der Waals surface area contributed by atoms with E-state index in [-0.39, 0.29) is 5.75 Å². The third-order valence-electron chi connectivity index (χ3n) is 3.21. The number of hydrogen-bond donors (Lipinski definition) is 1. The van der Waals surface area contributed by atoms with Crippen molar-refractivity contribution in [3.63, 3.8) is 0 Å². The highest BCUT2D eigenvalue weighted by Crippen LogP contribution is 2.27. The lowest BCUT2D eigenvalue weighted by molar-refractivity contribution is -0.0764. The van der Waals surface area contributed by atoms with Gasteiger partial charge in [-0.05, 0) is 24.6 Å². The monoisotopic (exact) mass is 259 g/mol. The summed E-state index contributed by atoms with van der Waals surface area (Å²) in [5.74, 6) is 0.744. The second-order valence-corrected chi connectivity index (χ2v) is 4.77. The highest BCUT2D eigenvalue weighted by Gasteiger charge is 2.37. The zero-order valence-corrected chi connectivity index (χ0v) is 10.1. The molecule has 0 bridgehead atoms. The average molecular weight is 259 g/mol. The van der Waals surface area contributed by atoms with Gasteiger partial charge in [-0.25, -0.2) is 13.2 Å². The van der Waals surface area contributed by atoms with E-state index in [2.05, 4.69) is 5.32 Å². The predicted molar refractivity (Wildman–Crippen MR) is 63.1 cm³/mol. The first-order valence-electron chi connectivity index (χ1n) is 5.89. The topological polar surface area (TPSA) is 21.3 Å². The van der Waals surface area contributed by atoms with Gasteiger partial charge in [0.15, 0.2) is 5.60 Å². The zero-order chi connectivity index (χ0) is 13.2. The summed E-state index contributed by atoms with van der Waals surface area (Å²) in [5.41, 5.74) is -0.931. The second kappa shape index (κ2) is 5.18. The molecular formula is C13H16F3NO. The lowest BCUT2D eigenvalue weighted by Crippen LogP contribution is -2.42. The summed E-state index contributed by atoms with van der Waals surface area (Å²) in [4.78, 5) is 0. The van der Waals surface area contributed by atoms with Crippen LogP contribution in [0.1, 0.15) is 18.4 Å². The summed E-state index contributed by atoms with van der Waals surface area (Å²) in [6.45, 7) is 1.71. The molecule has 18 heavy (non-hydrogen) atoms. The average Bonchev–Trinajstić information content (AvgIpc) is 2.29. The van der Waals surface area contributed by atoms with Crippen LogP contribution in [0.25, 0.3) is 0 Å². The lowest BCUT2D eigenvalue weighted by Gasteiger charge is -2.29. The van der Waals surface area contributed by atoms with Gasteiger partial charge in [0, 0.05) is 19.0 Å². The number of halogens is 3. The minimum Gasteiger partial charge on any atom is -0.479 e. The van der Waals surface area contributed by atoms with Gasteiger partial charge in [-0.1, -0.05) is 12.1 Å². The highest BCUT2D eigenvalue weighted by molar-refractivity contribution is 5.31. The van der Waals surface area contributed by atoms with Gasteiger partial charge >= 0.3 is 0 Å². The molecule has 1 aromatic carbocycles. The molecule has 0 saturated carbocycles. The molecule has 0 amide bonds. The largest absolute Gasteiger partial charge is 0.479 e. The van der Waals surface area contributed by atoms with Crippen molar-refractivity contribution in [1.82, 2.24) is 5.32 Å². The van der Waals surface area contributed by atoms with Crippen molar-refractivity contribution < 1.29 is 17.9 Å². The molecule has 1 heterocycles. The van der Waals surface area contributed by atoms with Gasteiger partial charge in [0.25, 0.3) is 6.43 Å². The van der Waals surface area contributed by atoms with E-state index in [4.69, 9.17) is 4.74 Å². The summed E-state index contributed by atoms with van der Waals surface area (Å²) in [5, 5.41) is 3.16. The molecular weight excluding hydrogens is 243 g/mol. The first-order chi connectivity index (χ1) is 8.55. The number of ether oxygens (including phenoxy) is 1. The van der Waals surface area contributed by atoms with Crippen LogP contribution in [0.15, 0.2) is 24.3 Å². The minimum atomic E-state index is -2.86. The van der Waals surface area contributed by atoms with Crippen LogP contribution in [0.5, 0.6) is 5.75 Å². The molecule has 100 valence electrons. The highest BCUT2D eigenvalue weighted by atomic mass is 19.3. The van der Waals surface area contributed by atoms with Crippen molar-refractivity contribution in [3.05, 3.63) is 29.8 Å². The van der Waals surface area contributed by atoms with Gasteiger partial charge < -0.3 is 10.1 Å². The Kier molecular flexibility index (Phi) is 3.80. The molecule has 2 nitrogen and oxygen atoms in total. The van der Waals surface area contributed by atoms with Crippen molar-refractivity contribution in [1.29, 1.82) is 0 Å². The smallest absolute Gasteiger partial charge is 0.279 e. The fraction of sp³-hybridized carbons (Fsp3) is 0.538. The van der Waals surface area contributed by atoms with E-state index in [0.717, 1.165) is 25.6 Å². The standard InChI is InChI=1S/C13H16F3NO/c1-13(8-14,12(15)16)18-11-4-2-9(3-5-11)10-6-17-7-10/h2-5,10,12,17H,6-8H2,1H3. The number of alkyl halides is 3. The molecule has 1 unspecified atom stereocenters. The van der Waals surface area contributed by atoms with Crippen molar-refractivity contribution in [2.24, 2.45) is 0 Å². The Morgan fingerprint density at radius 3 is 2.33 bits per heavy atom. The van der Waals surface area contributed by atoms with Gasteiger partial charge in [-0.2, -0.15) is 0 Å². The Bertz CT molecular complexity index is 392. The molecule has 0 aliphatic carbocycles. The van der Waals surface area contributed by atoms with E-state index in [9.17, 15) is 13.2 Å². The Balaban J connectivity index is 2.05. The SMILES string of the molecule is CC(CF)(Oc1ccc(C2CNC2)cc1)C(F)F. The molecule has 0 radical (unpaired) electrons. The second-order valence-electron chi connectivity index (χ2n) is 4.77. The van der Waals surface area contributed by atoms with Gasteiger partial charge in [0.2, 0.25) is 0 Å². The van der Waals surface area contributed by atoms with Crippen LogP contribution in [0.3, 0.4) is 0 Å². The third-order valence-corrected chi connectivity index (χ3v) is 3.21. The molecule has 1 fully saturated rings. The summed E-state index contributed by atoms with van der Waals surface area (Å²) in [7, 11) is 0. The maximum atomic E-state index is 12.7. The van der Waals surface area contributed by atoms with Crippen molar-refractivity contribution in [2.45, 2.75) is 24.9 Å². The Morgan fingerprint density at radius 1 is 1.33 bits per heavy atom. The van der Waals surface area contributed by atoms with Gasteiger partial charge in [-0.3, -0.25) is 0 Å². The van der Waals surface area contributed by atoms with Gasteiger partial charge in [-0.15, -0.1) is 0 Å². The fourth-order valence-corrected chi connectivity index (χ4v) is 1.73. The van der Waals surface area contributed by atoms with Crippen molar-refractivity contribution in [2.75, 3.05) is 19.8 Å². The van der Waals surface area contributed by atoms with Crippen molar-refractivity contribution >= 4 is 0 Å². The van der Waals surface area contributed by atoms with Crippen LogP contribution < -0.4 is 10.1 Å².